The number of likely N-dealkylation sites (N-methyl/N-ethyl adjacent to an activating group) is 1. The summed E-state index contributed by atoms with van der Waals surface area (Å²) < 4.78 is 0. The number of aromatic nitrogens is 2. The number of nitrogens with zero attached hydrogens (tertiary/aromatic N) is 6. The molecule has 9 heteroatoms. The van der Waals surface area contributed by atoms with Crippen LogP contribution in [0.25, 0.3) is 0 Å². The first kappa shape index (κ1) is 20.7. The topological polar surface area (TPSA) is 67.8 Å². The van der Waals surface area contributed by atoms with Crippen LogP contribution in [0.1, 0.15) is 5.82 Å². The summed E-state index contributed by atoms with van der Waals surface area (Å²) in [6, 6.07) is 9.14. The number of carbonyl (C=O) groups is 1. The van der Waals surface area contributed by atoms with E-state index in [1.807, 2.05) is 11.8 Å². The molecule has 0 aliphatic carbocycles. The molecule has 0 radical (unpaired) electrons. The van der Waals surface area contributed by atoms with Gasteiger partial charge in [0, 0.05) is 69.1 Å². The molecule has 3 heterocycles. The van der Waals surface area contributed by atoms with Crippen LogP contribution in [0, 0.1) is 6.92 Å². The molecule has 2 fully saturated rings. The third-order valence-corrected chi connectivity index (χ3v) is 5.88. The van der Waals surface area contributed by atoms with Crippen LogP contribution in [0.4, 0.5) is 22.1 Å². The molecule has 4 rings (SSSR count). The van der Waals surface area contributed by atoms with Crippen molar-refractivity contribution in [2.24, 2.45) is 0 Å². The lowest BCUT2D eigenvalue weighted by atomic mass is 10.3. The second-order valence-corrected chi connectivity index (χ2v) is 8.27. The Hall–Kier alpha value is -2.58. The van der Waals surface area contributed by atoms with Crippen LogP contribution in [0.15, 0.2) is 30.3 Å². The molecule has 30 heavy (non-hydrogen) atoms. The lowest BCUT2D eigenvalue weighted by Gasteiger charge is -2.36. The van der Waals surface area contributed by atoms with E-state index in [9.17, 15) is 4.79 Å². The van der Waals surface area contributed by atoms with E-state index in [1.165, 1.54) is 0 Å². The number of hydrogen-bond donors (Lipinski definition) is 1. The average Bonchev–Trinajstić information content (AvgIpc) is 2.75. The Morgan fingerprint density at radius 3 is 2.00 bits per heavy atom. The summed E-state index contributed by atoms with van der Waals surface area (Å²) in [5, 5.41) is 3.58. The van der Waals surface area contributed by atoms with Gasteiger partial charge in [-0.1, -0.05) is 11.6 Å². The second kappa shape index (κ2) is 9.06. The van der Waals surface area contributed by atoms with E-state index in [0.29, 0.717) is 18.1 Å². The molecule has 0 atom stereocenters. The van der Waals surface area contributed by atoms with Crippen molar-refractivity contribution < 1.29 is 4.79 Å². The van der Waals surface area contributed by atoms with Crippen LogP contribution in [-0.4, -0.2) is 85.2 Å². The molecule has 2 amide bonds. The highest BCUT2D eigenvalue weighted by Gasteiger charge is 2.24. The largest absolute Gasteiger partial charge is 0.354 e. The number of urea groups is 1. The van der Waals surface area contributed by atoms with Crippen LogP contribution >= 0.6 is 11.6 Å². The first-order valence-electron chi connectivity index (χ1n) is 10.3. The standard InChI is InChI=1S/C21H28ClN7O/c1-16-23-19(27-9-7-26(2)8-10-27)15-20(24-16)28-11-13-29(14-12-28)21(30)25-18-5-3-17(22)4-6-18/h3-6,15H,7-14H2,1-2H3,(H,25,30). The van der Waals surface area contributed by atoms with Gasteiger partial charge in [-0.15, -0.1) is 0 Å². The number of aryl methyl sites for hydroxylation is 1. The highest BCUT2D eigenvalue weighted by Crippen LogP contribution is 2.22. The van der Waals surface area contributed by atoms with Crippen molar-refractivity contribution in [3.8, 4) is 0 Å². The fraction of sp³-hybridized carbons (Fsp3) is 0.476. The molecule has 1 aromatic heterocycles. The number of nitrogens with one attached hydrogen (secondary N) is 1. The van der Waals surface area contributed by atoms with Gasteiger partial charge in [0.25, 0.3) is 0 Å². The van der Waals surface area contributed by atoms with Crippen molar-refractivity contribution in [1.82, 2.24) is 19.8 Å². The molecule has 0 bridgehead atoms. The summed E-state index contributed by atoms with van der Waals surface area (Å²) in [5.74, 6) is 2.71. The highest BCUT2D eigenvalue weighted by atomic mass is 35.5. The number of halogens is 1. The van der Waals surface area contributed by atoms with Gasteiger partial charge in [0.05, 0.1) is 0 Å². The Balaban J connectivity index is 1.36. The number of rotatable bonds is 3. The zero-order chi connectivity index (χ0) is 21.1. The van der Waals surface area contributed by atoms with Crippen LogP contribution in [0.3, 0.4) is 0 Å². The fourth-order valence-corrected chi connectivity index (χ4v) is 3.90. The number of piperazine rings is 2. The van der Waals surface area contributed by atoms with E-state index < -0.39 is 0 Å². The zero-order valence-electron chi connectivity index (χ0n) is 17.5. The molecular weight excluding hydrogens is 402 g/mol. The van der Waals surface area contributed by atoms with E-state index in [2.05, 4.69) is 43.1 Å². The Morgan fingerprint density at radius 2 is 1.43 bits per heavy atom. The first-order chi connectivity index (χ1) is 14.5. The SMILES string of the molecule is Cc1nc(N2CCN(C)CC2)cc(N2CCN(C(=O)Nc3ccc(Cl)cc3)CC2)n1. The van der Waals surface area contributed by atoms with Gasteiger partial charge in [0.15, 0.2) is 0 Å². The van der Waals surface area contributed by atoms with E-state index in [-0.39, 0.29) is 6.03 Å². The normalized spacial score (nSPS) is 17.9. The van der Waals surface area contributed by atoms with Crippen molar-refractivity contribution in [1.29, 1.82) is 0 Å². The van der Waals surface area contributed by atoms with Crippen molar-refractivity contribution in [2.75, 3.05) is 74.5 Å². The van der Waals surface area contributed by atoms with Crippen molar-refractivity contribution in [3.63, 3.8) is 0 Å². The molecule has 1 N–H and O–H groups in total. The summed E-state index contributed by atoms with van der Waals surface area (Å²) in [4.78, 5) is 30.6. The Kier molecular flexibility index (Phi) is 6.24. The molecule has 2 aliphatic heterocycles. The van der Waals surface area contributed by atoms with Crippen LogP contribution in [0.2, 0.25) is 5.02 Å². The summed E-state index contributed by atoms with van der Waals surface area (Å²) in [5.41, 5.74) is 0.745. The van der Waals surface area contributed by atoms with Crippen molar-refractivity contribution in [3.05, 3.63) is 41.2 Å². The minimum absolute atomic E-state index is 0.0889. The van der Waals surface area contributed by atoms with Gasteiger partial charge in [0.2, 0.25) is 0 Å². The Bertz CT molecular complexity index is 875. The van der Waals surface area contributed by atoms with Gasteiger partial charge in [-0.25, -0.2) is 14.8 Å². The molecule has 2 aliphatic rings. The molecule has 2 saturated heterocycles. The number of benzene rings is 1. The lowest BCUT2D eigenvalue weighted by molar-refractivity contribution is 0.208. The Labute approximate surface area is 182 Å². The third-order valence-electron chi connectivity index (χ3n) is 5.62. The maximum Gasteiger partial charge on any atom is 0.321 e. The number of amides is 2. The van der Waals surface area contributed by atoms with Crippen LogP contribution in [-0.2, 0) is 0 Å². The van der Waals surface area contributed by atoms with Crippen LogP contribution in [0.5, 0.6) is 0 Å². The third kappa shape index (κ3) is 4.94. The maximum absolute atomic E-state index is 12.6. The molecule has 8 nitrogen and oxygen atoms in total. The van der Waals surface area contributed by atoms with E-state index in [4.69, 9.17) is 11.6 Å². The summed E-state index contributed by atoms with van der Waals surface area (Å²) in [6.45, 7) is 8.76. The monoisotopic (exact) mass is 429 g/mol. The zero-order valence-corrected chi connectivity index (χ0v) is 18.3. The molecule has 2 aromatic rings. The smallest absolute Gasteiger partial charge is 0.321 e. The minimum atomic E-state index is -0.0889. The van der Waals surface area contributed by atoms with E-state index in [1.54, 1.807) is 24.3 Å². The van der Waals surface area contributed by atoms with Gasteiger partial charge < -0.3 is 24.9 Å². The van der Waals surface area contributed by atoms with Crippen LogP contribution < -0.4 is 15.1 Å². The van der Waals surface area contributed by atoms with Gasteiger partial charge in [0.1, 0.15) is 17.5 Å². The predicted octanol–water partition coefficient (Wildman–Crippen LogP) is 2.54. The van der Waals surface area contributed by atoms with E-state index >= 15 is 0 Å². The molecule has 0 saturated carbocycles. The van der Waals surface area contributed by atoms with Crippen molar-refractivity contribution >= 4 is 35.0 Å². The summed E-state index contributed by atoms with van der Waals surface area (Å²) in [6.07, 6.45) is 0. The highest BCUT2D eigenvalue weighted by molar-refractivity contribution is 6.30. The minimum Gasteiger partial charge on any atom is -0.354 e. The molecule has 160 valence electrons. The average molecular weight is 430 g/mol. The van der Waals surface area contributed by atoms with Gasteiger partial charge in [-0.3, -0.25) is 0 Å². The summed E-state index contributed by atoms with van der Waals surface area (Å²) in [7, 11) is 2.15. The quantitative estimate of drug-likeness (QED) is 0.808. The molecular formula is C21H28ClN7O. The first-order valence-corrected chi connectivity index (χ1v) is 10.7. The van der Waals surface area contributed by atoms with Gasteiger partial charge in [-0.05, 0) is 38.2 Å². The Morgan fingerprint density at radius 1 is 0.900 bits per heavy atom. The molecule has 1 aromatic carbocycles. The molecule has 0 unspecified atom stereocenters. The second-order valence-electron chi connectivity index (χ2n) is 7.83. The summed E-state index contributed by atoms with van der Waals surface area (Å²) >= 11 is 5.91. The number of carbonyl (C=O) groups excluding carboxylic acids is 1. The van der Waals surface area contributed by atoms with Gasteiger partial charge in [-0.2, -0.15) is 0 Å². The molecule has 0 spiro atoms. The fourth-order valence-electron chi connectivity index (χ4n) is 3.77. The maximum atomic E-state index is 12.6. The lowest BCUT2D eigenvalue weighted by Crippen LogP contribution is -2.50. The number of hydrogen-bond acceptors (Lipinski definition) is 6. The predicted molar refractivity (Wildman–Crippen MR) is 121 cm³/mol. The van der Waals surface area contributed by atoms with Gasteiger partial charge >= 0.3 is 6.03 Å². The number of anilines is 3. The van der Waals surface area contributed by atoms with E-state index in [0.717, 1.165) is 62.4 Å². The van der Waals surface area contributed by atoms with Crippen molar-refractivity contribution in [2.45, 2.75) is 6.92 Å².